The van der Waals surface area contributed by atoms with E-state index in [4.69, 9.17) is 0 Å². The van der Waals surface area contributed by atoms with E-state index < -0.39 is 0 Å². The van der Waals surface area contributed by atoms with Crippen LogP contribution in [0.3, 0.4) is 0 Å². The maximum absolute atomic E-state index is 11.8. The number of anilines is 1. The van der Waals surface area contributed by atoms with E-state index in [2.05, 4.69) is 5.32 Å². The number of hydrogen-bond acceptors (Lipinski definition) is 2. The first-order valence-electron chi connectivity index (χ1n) is 6.61. The van der Waals surface area contributed by atoms with Gasteiger partial charge >= 0.3 is 0 Å². The summed E-state index contributed by atoms with van der Waals surface area (Å²) in [5, 5.41) is 2.91. The summed E-state index contributed by atoms with van der Waals surface area (Å²) in [5.41, 5.74) is 2.96. The van der Waals surface area contributed by atoms with Gasteiger partial charge in [0.1, 0.15) is 6.54 Å². The topological polar surface area (TPSA) is 49.4 Å². The highest BCUT2D eigenvalue weighted by Gasteiger charge is 2.25. The largest absolute Gasteiger partial charge is 0.352 e. The van der Waals surface area contributed by atoms with Crippen molar-refractivity contribution in [3.8, 4) is 0 Å². The second kappa shape index (κ2) is 5.43. The molecule has 0 unspecified atom stereocenters. The van der Waals surface area contributed by atoms with Crippen molar-refractivity contribution in [2.24, 2.45) is 0 Å². The van der Waals surface area contributed by atoms with Gasteiger partial charge in [-0.2, -0.15) is 0 Å². The molecule has 1 aliphatic carbocycles. The van der Waals surface area contributed by atoms with Crippen LogP contribution in [0, 0.1) is 13.8 Å². The lowest BCUT2D eigenvalue weighted by Gasteiger charge is -2.21. The standard InChI is InChI=1S/C15H20N2O2/c1-10-6-11(2)8-14(7-10)17(12(3)18)9-15(19)16-13-4-5-13/h6-8,13H,4-5,9H2,1-3H3,(H,16,19). The van der Waals surface area contributed by atoms with Gasteiger partial charge in [0.2, 0.25) is 11.8 Å². The molecule has 1 aromatic rings. The molecule has 0 aliphatic heterocycles. The van der Waals surface area contributed by atoms with Crippen LogP contribution in [0.1, 0.15) is 30.9 Å². The fraction of sp³-hybridized carbons (Fsp3) is 0.467. The fourth-order valence-corrected chi connectivity index (χ4v) is 2.14. The van der Waals surface area contributed by atoms with Crippen LogP contribution in [0.4, 0.5) is 5.69 Å². The van der Waals surface area contributed by atoms with Gasteiger partial charge in [-0.1, -0.05) is 6.07 Å². The maximum Gasteiger partial charge on any atom is 0.240 e. The Labute approximate surface area is 113 Å². The number of hydrogen-bond donors (Lipinski definition) is 1. The minimum atomic E-state index is -0.115. The Morgan fingerprint density at radius 1 is 1.21 bits per heavy atom. The molecule has 0 radical (unpaired) electrons. The molecule has 4 nitrogen and oxygen atoms in total. The lowest BCUT2D eigenvalue weighted by atomic mass is 10.1. The molecule has 2 rings (SSSR count). The van der Waals surface area contributed by atoms with Crippen molar-refractivity contribution >= 4 is 17.5 Å². The highest BCUT2D eigenvalue weighted by Crippen LogP contribution is 2.20. The number of benzene rings is 1. The van der Waals surface area contributed by atoms with Crippen LogP contribution in [0.25, 0.3) is 0 Å². The van der Waals surface area contributed by atoms with Crippen LogP contribution < -0.4 is 10.2 Å². The van der Waals surface area contributed by atoms with E-state index in [0.29, 0.717) is 6.04 Å². The van der Waals surface area contributed by atoms with Crippen LogP contribution in [0.2, 0.25) is 0 Å². The van der Waals surface area contributed by atoms with Gasteiger partial charge in [0.15, 0.2) is 0 Å². The number of aryl methyl sites for hydroxylation is 2. The zero-order valence-electron chi connectivity index (χ0n) is 11.7. The zero-order valence-corrected chi connectivity index (χ0v) is 11.7. The van der Waals surface area contributed by atoms with Crippen molar-refractivity contribution in [2.75, 3.05) is 11.4 Å². The van der Waals surface area contributed by atoms with Crippen molar-refractivity contribution in [3.63, 3.8) is 0 Å². The molecular weight excluding hydrogens is 240 g/mol. The number of carbonyl (C=O) groups excluding carboxylic acids is 2. The van der Waals surface area contributed by atoms with Crippen LogP contribution in [-0.4, -0.2) is 24.4 Å². The molecule has 0 heterocycles. The van der Waals surface area contributed by atoms with Gasteiger partial charge < -0.3 is 10.2 Å². The van der Waals surface area contributed by atoms with Crippen molar-refractivity contribution in [3.05, 3.63) is 29.3 Å². The van der Waals surface area contributed by atoms with Gasteiger partial charge in [0.25, 0.3) is 0 Å². The molecular formula is C15H20N2O2. The third-order valence-electron chi connectivity index (χ3n) is 3.14. The smallest absolute Gasteiger partial charge is 0.240 e. The molecule has 0 saturated heterocycles. The minimum absolute atomic E-state index is 0.0862. The summed E-state index contributed by atoms with van der Waals surface area (Å²) in [6, 6.07) is 6.23. The van der Waals surface area contributed by atoms with Crippen molar-refractivity contribution in [1.29, 1.82) is 0 Å². The van der Waals surface area contributed by atoms with Gasteiger partial charge in [-0.15, -0.1) is 0 Å². The normalized spacial score (nSPS) is 14.1. The first kappa shape index (κ1) is 13.6. The van der Waals surface area contributed by atoms with E-state index in [1.807, 2.05) is 32.0 Å². The predicted octanol–water partition coefficient (Wildman–Crippen LogP) is 1.93. The quantitative estimate of drug-likeness (QED) is 0.899. The molecule has 0 atom stereocenters. The summed E-state index contributed by atoms with van der Waals surface area (Å²) in [5.74, 6) is -0.201. The summed E-state index contributed by atoms with van der Waals surface area (Å²) in [6.07, 6.45) is 2.10. The van der Waals surface area contributed by atoms with Gasteiger partial charge in [-0.25, -0.2) is 0 Å². The lowest BCUT2D eigenvalue weighted by Crippen LogP contribution is -2.40. The number of nitrogens with one attached hydrogen (secondary N) is 1. The Bertz CT molecular complexity index is 487. The van der Waals surface area contributed by atoms with Crippen LogP contribution in [-0.2, 0) is 9.59 Å². The molecule has 1 fully saturated rings. The molecule has 1 N–H and O–H groups in total. The van der Waals surface area contributed by atoms with Crippen LogP contribution >= 0.6 is 0 Å². The second-order valence-electron chi connectivity index (χ2n) is 5.29. The first-order chi connectivity index (χ1) is 8.95. The Morgan fingerprint density at radius 2 is 1.79 bits per heavy atom. The van der Waals surface area contributed by atoms with E-state index in [9.17, 15) is 9.59 Å². The molecule has 1 aromatic carbocycles. The van der Waals surface area contributed by atoms with E-state index in [-0.39, 0.29) is 18.4 Å². The predicted molar refractivity (Wildman–Crippen MR) is 75.1 cm³/mol. The molecule has 4 heteroatoms. The monoisotopic (exact) mass is 260 g/mol. The summed E-state index contributed by atoms with van der Waals surface area (Å²) >= 11 is 0. The summed E-state index contributed by atoms with van der Waals surface area (Å²) < 4.78 is 0. The number of nitrogens with zero attached hydrogens (tertiary/aromatic N) is 1. The Kier molecular flexibility index (Phi) is 3.88. The van der Waals surface area contributed by atoms with Gasteiger partial charge in [0.05, 0.1) is 0 Å². The van der Waals surface area contributed by atoms with Crippen LogP contribution in [0.15, 0.2) is 18.2 Å². The SMILES string of the molecule is CC(=O)N(CC(=O)NC1CC1)c1cc(C)cc(C)c1. The number of carbonyl (C=O) groups is 2. The molecule has 0 bridgehead atoms. The molecule has 1 saturated carbocycles. The second-order valence-corrected chi connectivity index (χ2v) is 5.29. The molecule has 0 spiro atoms. The average Bonchev–Trinajstić information content (AvgIpc) is 3.07. The Morgan fingerprint density at radius 3 is 2.26 bits per heavy atom. The fourth-order valence-electron chi connectivity index (χ4n) is 2.14. The maximum atomic E-state index is 11.8. The van der Waals surface area contributed by atoms with Gasteiger partial charge in [0, 0.05) is 18.7 Å². The average molecular weight is 260 g/mol. The summed E-state index contributed by atoms with van der Waals surface area (Å²) in [7, 11) is 0. The highest BCUT2D eigenvalue weighted by atomic mass is 16.2. The van der Waals surface area contributed by atoms with Crippen LogP contribution in [0.5, 0.6) is 0 Å². The van der Waals surface area contributed by atoms with Crippen molar-refractivity contribution < 1.29 is 9.59 Å². The third-order valence-corrected chi connectivity index (χ3v) is 3.14. The first-order valence-corrected chi connectivity index (χ1v) is 6.61. The van der Waals surface area contributed by atoms with Gasteiger partial charge in [-0.05, 0) is 49.9 Å². The van der Waals surface area contributed by atoms with E-state index in [0.717, 1.165) is 29.7 Å². The molecule has 1 aliphatic rings. The zero-order chi connectivity index (χ0) is 14.0. The molecule has 2 amide bonds. The Balaban J connectivity index is 2.13. The van der Waals surface area contributed by atoms with Crippen molar-refractivity contribution in [1.82, 2.24) is 5.32 Å². The Hall–Kier alpha value is -1.84. The number of rotatable bonds is 4. The summed E-state index contributed by atoms with van der Waals surface area (Å²) in [4.78, 5) is 25.1. The van der Waals surface area contributed by atoms with Crippen molar-refractivity contribution in [2.45, 2.75) is 39.7 Å². The highest BCUT2D eigenvalue weighted by molar-refractivity contribution is 5.97. The minimum Gasteiger partial charge on any atom is -0.352 e. The van der Waals surface area contributed by atoms with E-state index >= 15 is 0 Å². The molecule has 102 valence electrons. The number of amides is 2. The molecule has 19 heavy (non-hydrogen) atoms. The third kappa shape index (κ3) is 3.81. The van der Waals surface area contributed by atoms with E-state index in [1.54, 1.807) is 0 Å². The lowest BCUT2D eigenvalue weighted by molar-refractivity contribution is -0.123. The molecule has 0 aromatic heterocycles. The van der Waals surface area contributed by atoms with Gasteiger partial charge in [-0.3, -0.25) is 9.59 Å². The van der Waals surface area contributed by atoms with E-state index in [1.165, 1.54) is 11.8 Å². The summed E-state index contributed by atoms with van der Waals surface area (Å²) in [6.45, 7) is 5.55.